The van der Waals surface area contributed by atoms with E-state index in [1.54, 1.807) is 24.3 Å². The van der Waals surface area contributed by atoms with Gasteiger partial charge in [-0.1, -0.05) is 40.2 Å². The molecule has 0 bridgehead atoms. The summed E-state index contributed by atoms with van der Waals surface area (Å²) in [5.74, 6) is -0.0911. The van der Waals surface area contributed by atoms with Gasteiger partial charge in [0, 0.05) is 10.0 Å². The van der Waals surface area contributed by atoms with E-state index in [4.69, 9.17) is 10.00 Å². The second-order valence-electron chi connectivity index (χ2n) is 4.23. The molecule has 4 heteroatoms. The van der Waals surface area contributed by atoms with Gasteiger partial charge in [0.15, 0.2) is 5.78 Å². The van der Waals surface area contributed by atoms with Crippen LogP contribution in [-0.2, 0) is 11.3 Å². The fourth-order valence-corrected chi connectivity index (χ4v) is 1.92. The van der Waals surface area contributed by atoms with Crippen molar-refractivity contribution >= 4 is 21.7 Å². The highest BCUT2D eigenvalue weighted by Crippen LogP contribution is 2.11. The maximum Gasteiger partial charge on any atom is 0.188 e. The summed E-state index contributed by atoms with van der Waals surface area (Å²) in [6.45, 7) is 0.428. The molecule has 0 aliphatic rings. The molecule has 2 rings (SSSR count). The molecule has 0 unspecified atom stereocenters. The number of hydrogen-bond acceptors (Lipinski definition) is 3. The number of Topliss-reactive ketones (excluding diaryl/α,β-unsaturated/α-hetero) is 1. The minimum absolute atomic E-state index is 0.0297. The average molecular weight is 330 g/mol. The fraction of sp³-hybridized carbons (Fsp3) is 0.125. The lowest BCUT2D eigenvalue weighted by molar-refractivity contribution is 0.0726. The van der Waals surface area contributed by atoms with Gasteiger partial charge in [0.1, 0.15) is 6.61 Å². The highest BCUT2D eigenvalue weighted by molar-refractivity contribution is 9.10. The largest absolute Gasteiger partial charge is 0.369 e. The van der Waals surface area contributed by atoms with Crippen molar-refractivity contribution in [2.24, 2.45) is 0 Å². The molecule has 0 radical (unpaired) electrons. The highest BCUT2D eigenvalue weighted by Gasteiger charge is 2.06. The third-order valence-electron chi connectivity index (χ3n) is 2.75. The molecular weight excluding hydrogens is 318 g/mol. The van der Waals surface area contributed by atoms with Crippen LogP contribution in [0.4, 0.5) is 0 Å². The number of nitriles is 1. The first kappa shape index (κ1) is 14.4. The summed E-state index contributed by atoms with van der Waals surface area (Å²) >= 11 is 3.36. The van der Waals surface area contributed by atoms with Crippen LogP contribution >= 0.6 is 15.9 Å². The Morgan fingerprint density at radius 2 is 1.75 bits per heavy atom. The number of carbonyl (C=O) groups excluding carboxylic acids is 1. The number of rotatable bonds is 5. The molecule has 0 aliphatic heterocycles. The number of halogens is 1. The van der Waals surface area contributed by atoms with Crippen molar-refractivity contribution in [1.29, 1.82) is 5.26 Å². The van der Waals surface area contributed by atoms with Crippen molar-refractivity contribution < 1.29 is 9.53 Å². The minimum Gasteiger partial charge on any atom is -0.369 e. The minimum atomic E-state index is -0.0911. The van der Waals surface area contributed by atoms with Crippen LogP contribution in [-0.4, -0.2) is 12.4 Å². The maximum absolute atomic E-state index is 11.9. The first-order chi connectivity index (χ1) is 9.69. The molecule has 0 aromatic heterocycles. The Balaban J connectivity index is 1.85. The molecule has 20 heavy (non-hydrogen) atoms. The third-order valence-corrected chi connectivity index (χ3v) is 3.28. The Labute approximate surface area is 125 Å². The highest BCUT2D eigenvalue weighted by atomic mass is 79.9. The average Bonchev–Trinajstić information content (AvgIpc) is 2.49. The van der Waals surface area contributed by atoms with E-state index in [2.05, 4.69) is 15.9 Å². The summed E-state index contributed by atoms with van der Waals surface area (Å²) in [6.07, 6.45) is 0. The summed E-state index contributed by atoms with van der Waals surface area (Å²) in [5, 5.41) is 8.69. The van der Waals surface area contributed by atoms with Crippen molar-refractivity contribution in [3.63, 3.8) is 0 Å². The molecule has 100 valence electrons. The first-order valence-corrected chi connectivity index (χ1v) is 6.84. The van der Waals surface area contributed by atoms with Gasteiger partial charge >= 0.3 is 0 Å². The molecule has 0 atom stereocenters. The van der Waals surface area contributed by atoms with Gasteiger partial charge in [-0.3, -0.25) is 4.79 Å². The molecular formula is C16H12BrNO2. The standard InChI is InChI=1S/C16H12BrNO2/c17-15-7-3-13(4-8-15)10-20-11-16(19)14-5-1-12(9-18)2-6-14/h1-8H,10-11H2. The molecule has 0 fully saturated rings. The lowest BCUT2D eigenvalue weighted by Gasteiger charge is -2.04. The summed E-state index contributed by atoms with van der Waals surface area (Å²) in [7, 11) is 0. The molecule has 0 N–H and O–H groups in total. The van der Waals surface area contributed by atoms with Gasteiger partial charge in [0.25, 0.3) is 0 Å². The van der Waals surface area contributed by atoms with E-state index in [0.717, 1.165) is 10.0 Å². The SMILES string of the molecule is N#Cc1ccc(C(=O)COCc2ccc(Br)cc2)cc1. The van der Waals surface area contributed by atoms with Crippen LogP contribution in [0.15, 0.2) is 53.0 Å². The Morgan fingerprint density at radius 3 is 2.35 bits per heavy atom. The van der Waals surface area contributed by atoms with Crippen LogP contribution in [0, 0.1) is 11.3 Å². The van der Waals surface area contributed by atoms with Crippen LogP contribution in [0.1, 0.15) is 21.5 Å². The monoisotopic (exact) mass is 329 g/mol. The lowest BCUT2D eigenvalue weighted by atomic mass is 10.1. The zero-order chi connectivity index (χ0) is 14.4. The number of ether oxygens (including phenoxy) is 1. The van der Waals surface area contributed by atoms with Gasteiger partial charge in [0.05, 0.1) is 18.2 Å². The quantitative estimate of drug-likeness (QED) is 0.785. The van der Waals surface area contributed by atoms with E-state index >= 15 is 0 Å². The second-order valence-corrected chi connectivity index (χ2v) is 5.15. The second kappa shape index (κ2) is 6.99. The van der Waals surface area contributed by atoms with Gasteiger partial charge < -0.3 is 4.74 Å². The number of ketones is 1. The molecule has 0 spiro atoms. The van der Waals surface area contributed by atoms with Crippen LogP contribution in [0.25, 0.3) is 0 Å². The summed E-state index contributed by atoms with van der Waals surface area (Å²) < 4.78 is 6.41. The molecule has 0 saturated heterocycles. The first-order valence-electron chi connectivity index (χ1n) is 6.04. The molecule has 0 aliphatic carbocycles. The summed E-state index contributed by atoms with van der Waals surface area (Å²) in [4.78, 5) is 11.9. The molecule has 0 heterocycles. The normalized spacial score (nSPS) is 10.0. The van der Waals surface area contributed by atoms with Gasteiger partial charge in [-0.05, 0) is 29.8 Å². The van der Waals surface area contributed by atoms with E-state index in [1.807, 2.05) is 30.3 Å². The van der Waals surface area contributed by atoms with Gasteiger partial charge in [0.2, 0.25) is 0 Å². The molecule has 0 saturated carbocycles. The Hall–Kier alpha value is -1.96. The van der Waals surface area contributed by atoms with Crippen LogP contribution < -0.4 is 0 Å². The van der Waals surface area contributed by atoms with Crippen molar-refractivity contribution in [1.82, 2.24) is 0 Å². The van der Waals surface area contributed by atoms with Crippen LogP contribution in [0.2, 0.25) is 0 Å². The van der Waals surface area contributed by atoms with Crippen LogP contribution in [0.3, 0.4) is 0 Å². The predicted octanol–water partition coefficient (Wildman–Crippen LogP) is 3.72. The molecule has 2 aromatic carbocycles. The Bertz CT molecular complexity index is 627. The summed E-state index contributed by atoms with van der Waals surface area (Å²) in [5.41, 5.74) is 2.11. The molecule has 3 nitrogen and oxygen atoms in total. The zero-order valence-electron chi connectivity index (χ0n) is 10.7. The van der Waals surface area contributed by atoms with Crippen molar-refractivity contribution in [2.75, 3.05) is 6.61 Å². The van der Waals surface area contributed by atoms with Crippen LogP contribution in [0.5, 0.6) is 0 Å². The topological polar surface area (TPSA) is 50.1 Å². The van der Waals surface area contributed by atoms with E-state index in [9.17, 15) is 4.79 Å². The molecule has 0 amide bonds. The van der Waals surface area contributed by atoms with Crippen molar-refractivity contribution in [2.45, 2.75) is 6.61 Å². The van der Waals surface area contributed by atoms with Gasteiger partial charge in [-0.2, -0.15) is 5.26 Å². The number of hydrogen-bond donors (Lipinski definition) is 0. The lowest BCUT2D eigenvalue weighted by Crippen LogP contribution is -2.09. The zero-order valence-corrected chi connectivity index (χ0v) is 12.3. The number of nitrogens with zero attached hydrogens (tertiary/aromatic N) is 1. The van der Waals surface area contributed by atoms with Gasteiger partial charge in [-0.25, -0.2) is 0 Å². The van der Waals surface area contributed by atoms with E-state index in [1.165, 1.54) is 0 Å². The third kappa shape index (κ3) is 4.02. The predicted molar refractivity (Wildman–Crippen MR) is 79.3 cm³/mol. The van der Waals surface area contributed by atoms with E-state index in [0.29, 0.717) is 17.7 Å². The Kier molecular flexibility index (Phi) is 5.05. The summed E-state index contributed by atoms with van der Waals surface area (Å²) in [6, 6.07) is 16.3. The maximum atomic E-state index is 11.9. The van der Waals surface area contributed by atoms with Crippen molar-refractivity contribution in [3.8, 4) is 6.07 Å². The fourth-order valence-electron chi connectivity index (χ4n) is 1.66. The number of carbonyl (C=O) groups is 1. The van der Waals surface area contributed by atoms with Gasteiger partial charge in [-0.15, -0.1) is 0 Å². The Morgan fingerprint density at radius 1 is 1.10 bits per heavy atom. The molecule has 2 aromatic rings. The van der Waals surface area contributed by atoms with Crippen molar-refractivity contribution in [3.05, 3.63) is 69.7 Å². The smallest absolute Gasteiger partial charge is 0.188 e. The van der Waals surface area contributed by atoms with E-state index in [-0.39, 0.29) is 12.4 Å². The number of benzene rings is 2. The van der Waals surface area contributed by atoms with E-state index < -0.39 is 0 Å².